The molecule has 0 aliphatic carbocycles. The van der Waals surface area contributed by atoms with E-state index < -0.39 is 0 Å². The van der Waals surface area contributed by atoms with Gasteiger partial charge in [0.2, 0.25) is 5.91 Å². The Hall–Kier alpha value is -2.80. The Morgan fingerprint density at radius 1 is 1.30 bits per heavy atom. The number of hydrogen-bond donors (Lipinski definition) is 0. The summed E-state index contributed by atoms with van der Waals surface area (Å²) in [5.41, 5.74) is 0.800. The predicted octanol–water partition coefficient (Wildman–Crippen LogP) is 2.46. The molecule has 0 N–H and O–H groups in total. The van der Waals surface area contributed by atoms with E-state index in [0.29, 0.717) is 37.6 Å². The van der Waals surface area contributed by atoms with Crippen molar-refractivity contribution in [1.29, 1.82) is 0 Å². The maximum Gasteiger partial charge on any atom is 0.260 e. The van der Waals surface area contributed by atoms with E-state index in [9.17, 15) is 9.59 Å². The van der Waals surface area contributed by atoms with Gasteiger partial charge in [0.05, 0.1) is 19.4 Å². The topological polar surface area (TPSA) is 72.2 Å². The number of hydrogen-bond acceptors (Lipinski definition) is 5. The molecule has 2 amide bonds. The van der Waals surface area contributed by atoms with E-state index in [1.165, 1.54) is 0 Å². The molecule has 0 atom stereocenters. The number of ether oxygens (including phenoxy) is 2. The van der Waals surface area contributed by atoms with E-state index in [-0.39, 0.29) is 18.4 Å². The van der Waals surface area contributed by atoms with Gasteiger partial charge in [0, 0.05) is 38.4 Å². The minimum atomic E-state index is -0.161. The third-order valence-electron chi connectivity index (χ3n) is 4.41. The smallest absolute Gasteiger partial charge is 0.260 e. The molecule has 0 unspecified atom stereocenters. The average Bonchev–Trinajstić information content (AvgIpc) is 3.35. The van der Waals surface area contributed by atoms with Crippen LogP contribution in [0.1, 0.15) is 18.6 Å². The highest BCUT2D eigenvalue weighted by molar-refractivity contribution is 5.95. The largest absolute Gasteiger partial charge is 0.484 e. The third-order valence-corrected chi connectivity index (χ3v) is 4.41. The fraction of sp³-hybridized carbons (Fsp3) is 0.400. The highest BCUT2D eigenvalue weighted by atomic mass is 16.5. The van der Waals surface area contributed by atoms with Gasteiger partial charge in [0.15, 0.2) is 6.61 Å². The summed E-state index contributed by atoms with van der Waals surface area (Å²) in [6.45, 7) is 1.86. The normalized spacial score (nSPS) is 13.8. The Bertz CT molecular complexity index is 759. The van der Waals surface area contributed by atoms with E-state index in [2.05, 4.69) is 0 Å². The number of carbonyl (C=O) groups is 2. The molecule has 1 fully saturated rings. The highest BCUT2D eigenvalue weighted by Gasteiger charge is 2.22. The quantitative estimate of drug-likeness (QED) is 0.676. The lowest BCUT2D eigenvalue weighted by Gasteiger charge is -2.22. The van der Waals surface area contributed by atoms with Crippen molar-refractivity contribution >= 4 is 17.5 Å². The van der Waals surface area contributed by atoms with Gasteiger partial charge in [-0.1, -0.05) is 6.07 Å². The monoisotopic (exact) mass is 372 g/mol. The molecule has 1 aromatic heterocycles. The summed E-state index contributed by atoms with van der Waals surface area (Å²) in [6, 6.07) is 10.9. The van der Waals surface area contributed by atoms with E-state index in [1.54, 1.807) is 41.4 Å². The molecule has 1 aliphatic rings. The first-order valence-corrected chi connectivity index (χ1v) is 8.99. The fourth-order valence-electron chi connectivity index (χ4n) is 2.98. The summed E-state index contributed by atoms with van der Waals surface area (Å²) < 4.78 is 16.1. The van der Waals surface area contributed by atoms with Crippen LogP contribution in [0.3, 0.4) is 0 Å². The SMILES string of the molecule is COCCN(Cc1ccco1)C(=O)COc1cccc(N2CCCC2=O)c1. The summed E-state index contributed by atoms with van der Waals surface area (Å²) >= 11 is 0. The van der Waals surface area contributed by atoms with Gasteiger partial charge >= 0.3 is 0 Å². The Labute approximate surface area is 158 Å². The van der Waals surface area contributed by atoms with Crippen LogP contribution in [0.25, 0.3) is 0 Å². The van der Waals surface area contributed by atoms with Gasteiger partial charge in [0.1, 0.15) is 11.5 Å². The van der Waals surface area contributed by atoms with Crippen LogP contribution in [0, 0.1) is 0 Å². The van der Waals surface area contributed by atoms with Gasteiger partial charge in [0.25, 0.3) is 5.91 Å². The maximum absolute atomic E-state index is 12.6. The average molecular weight is 372 g/mol. The number of amides is 2. The zero-order valence-electron chi connectivity index (χ0n) is 15.4. The number of nitrogens with zero attached hydrogens (tertiary/aromatic N) is 2. The molecule has 1 aromatic carbocycles. The Morgan fingerprint density at radius 2 is 2.19 bits per heavy atom. The number of carbonyl (C=O) groups excluding carboxylic acids is 2. The van der Waals surface area contributed by atoms with E-state index >= 15 is 0 Å². The standard InChI is InChI=1S/C20H24N2O5/c1-25-12-10-21(14-18-7-4-11-26-18)20(24)15-27-17-6-2-5-16(13-17)22-9-3-8-19(22)23/h2,4-7,11,13H,3,8-10,12,14-15H2,1H3. The molecule has 0 saturated carbocycles. The molecule has 3 rings (SSSR count). The molecule has 0 bridgehead atoms. The zero-order valence-corrected chi connectivity index (χ0v) is 15.4. The second-order valence-corrected chi connectivity index (χ2v) is 6.32. The number of anilines is 1. The second-order valence-electron chi connectivity index (χ2n) is 6.32. The molecule has 0 spiro atoms. The van der Waals surface area contributed by atoms with Crippen molar-refractivity contribution < 1.29 is 23.5 Å². The number of furan rings is 1. The summed E-state index contributed by atoms with van der Waals surface area (Å²) in [4.78, 5) is 27.9. The first kappa shape index (κ1) is 19.0. The zero-order chi connectivity index (χ0) is 19.1. The summed E-state index contributed by atoms with van der Waals surface area (Å²) in [6.07, 6.45) is 3.02. The molecular formula is C20H24N2O5. The first-order valence-electron chi connectivity index (χ1n) is 8.99. The van der Waals surface area contributed by atoms with Crippen molar-refractivity contribution in [1.82, 2.24) is 4.90 Å². The fourth-order valence-corrected chi connectivity index (χ4v) is 2.98. The van der Waals surface area contributed by atoms with Crippen molar-refractivity contribution in [3.63, 3.8) is 0 Å². The molecule has 1 saturated heterocycles. The van der Waals surface area contributed by atoms with Crippen molar-refractivity contribution in [2.75, 3.05) is 38.3 Å². The van der Waals surface area contributed by atoms with E-state index in [1.807, 2.05) is 18.2 Å². The van der Waals surface area contributed by atoms with Gasteiger partial charge in [-0.05, 0) is 30.7 Å². The van der Waals surface area contributed by atoms with Crippen molar-refractivity contribution in [3.8, 4) is 5.75 Å². The molecular weight excluding hydrogens is 348 g/mol. The van der Waals surface area contributed by atoms with Crippen LogP contribution in [0.15, 0.2) is 47.1 Å². The van der Waals surface area contributed by atoms with Crippen LogP contribution in [-0.4, -0.2) is 50.1 Å². The van der Waals surface area contributed by atoms with E-state index in [4.69, 9.17) is 13.9 Å². The molecule has 2 heterocycles. The van der Waals surface area contributed by atoms with Gasteiger partial charge in [-0.2, -0.15) is 0 Å². The molecule has 2 aromatic rings. The number of methoxy groups -OCH3 is 1. The summed E-state index contributed by atoms with van der Waals surface area (Å²) in [5, 5.41) is 0. The van der Waals surface area contributed by atoms with Crippen LogP contribution in [0.5, 0.6) is 5.75 Å². The lowest BCUT2D eigenvalue weighted by atomic mass is 10.3. The number of benzene rings is 1. The lowest BCUT2D eigenvalue weighted by Crippen LogP contribution is -2.36. The van der Waals surface area contributed by atoms with Gasteiger partial charge in [-0.3, -0.25) is 9.59 Å². The molecule has 0 radical (unpaired) electrons. The molecule has 7 heteroatoms. The van der Waals surface area contributed by atoms with Crippen molar-refractivity contribution in [2.24, 2.45) is 0 Å². The number of rotatable bonds is 9. The highest BCUT2D eigenvalue weighted by Crippen LogP contribution is 2.25. The van der Waals surface area contributed by atoms with Gasteiger partial charge < -0.3 is 23.7 Å². The molecule has 144 valence electrons. The Morgan fingerprint density at radius 3 is 2.89 bits per heavy atom. The van der Waals surface area contributed by atoms with Crippen LogP contribution in [-0.2, 0) is 20.9 Å². The van der Waals surface area contributed by atoms with Crippen molar-refractivity contribution in [3.05, 3.63) is 48.4 Å². The summed E-state index contributed by atoms with van der Waals surface area (Å²) in [5.74, 6) is 1.22. The molecule has 7 nitrogen and oxygen atoms in total. The van der Waals surface area contributed by atoms with E-state index in [0.717, 1.165) is 18.7 Å². The summed E-state index contributed by atoms with van der Waals surface area (Å²) in [7, 11) is 1.59. The van der Waals surface area contributed by atoms with Gasteiger partial charge in [-0.25, -0.2) is 0 Å². The van der Waals surface area contributed by atoms with Crippen LogP contribution < -0.4 is 9.64 Å². The van der Waals surface area contributed by atoms with Crippen LogP contribution in [0.4, 0.5) is 5.69 Å². The third kappa shape index (κ3) is 5.10. The van der Waals surface area contributed by atoms with Crippen LogP contribution in [0.2, 0.25) is 0 Å². The second kappa shape index (κ2) is 9.23. The first-order chi connectivity index (χ1) is 13.2. The minimum absolute atomic E-state index is 0.0954. The van der Waals surface area contributed by atoms with Crippen LogP contribution >= 0.6 is 0 Å². The van der Waals surface area contributed by atoms with Crippen molar-refractivity contribution in [2.45, 2.75) is 19.4 Å². The Balaban J connectivity index is 1.60. The molecule has 1 aliphatic heterocycles. The molecule has 27 heavy (non-hydrogen) atoms. The Kier molecular flexibility index (Phi) is 6.49. The lowest BCUT2D eigenvalue weighted by molar-refractivity contribution is -0.135. The van der Waals surface area contributed by atoms with Gasteiger partial charge in [-0.15, -0.1) is 0 Å². The maximum atomic E-state index is 12.6. The minimum Gasteiger partial charge on any atom is -0.484 e. The predicted molar refractivity (Wildman–Crippen MR) is 99.5 cm³/mol.